The van der Waals surface area contributed by atoms with Gasteiger partial charge in [-0.2, -0.15) is 0 Å². The van der Waals surface area contributed by atoms with E-state index >= 15 is 0 Å². The molecule has 3 nitrogen and oxygen atoms in total. The van der Waals surface area contributed by atoms with Crippen molar-refractivity contribution in [2.45, 2.75) is 19.9 Å². The normalized spacial score (nSPS) is 13.2. The van der Waals surface area contributed by atoms with Crippen LogP contribution in [0.5, 0.6) is 5.75 Å². The molecular weight excluding hydrogens is 282 g/mol. The maximum Gasteiger partial charge on any atom is 0.176 e. The minimum atomic E-state index is 0.183. The van der Waals surface area contributed by atoms with Crippen molar-refractivity contribution >= 4 is 17.1 Å². The lowest BCUT2D eigenvalue weighted by molar-refractivity contribution is 0.0930. The molecule has 0 saturated carbocycles. The Bertz CT molecular complexity index is 622. The lowest BCUT2D eigenvalue weighted by atomic mass is 10.1. The molecule has 0 atom stereocenters. The van der Waals surface area contributed by atoms with Crippen molar-refractivity contribution in [3.05, 3.63) is 51.7 Å². The fourth-order valence-electron chi connectivity index (χ4n) is 2.56. The van der Waals surface area contributed by atoms with Crippen LogP contribution in [0.4, 0.5) is 0 Å². The van der Waals surface area contributed by atoms with Crippen LogP contribution in [-0.4, -0.2) is 30.4 Å². The summed E-state index contributed by atoms with van der Waals surface area (Å²) in [5, 5.41) is 2.07. The molecule has 1 aromatic heterocycles. The summed E-state index contributed by atoms with van der Waals surface area (Å²) in [4.78, 5) is 15.9. The molecule has 1 aliphatic rings. The van der Waals surface area contributed by atoms with Crippen LogP contribution in [0.1, 0.15) is 27.7 Å². The number of ketones is 1. The number of hydrogen-bond acceptors (Lipinski definition) is 4. The molecule has 4 heteroatoms. The highest BCUT2D eigenvalue weighted by Crippen LogP contribution is 2.26. The molecule has 110 valence electrons. The smallest absolute Gasteiger partial charge is 0.176 e. The van der Waals surface area contributed by atoms with E-state index < -0.39 is 0 Å². The van der Waals surface area contributed by atoms with Crippen molar-refractivity contribution in [2.75, 3.05) is 19.7 Å². The van der Waals surface area contributed by atoms with E-state index in [0.29, 0.717) is 6.54 Å². The van der Waals surface area contributed by atoms with Crippen molar-refractivity contribution in [3.8, 4) is 5.75 Å². The van der Waals surface area contributed by atoms with Crippen molar-refractivity contribution in [2.24, 2.45) is 0 Å². The second-order valence-electron chi connectivity index (χ2n) is 5.23. The van der Waals surface area contributed by atoms with Gasteiger partial charge in [0.05, 0.1) is 13.2 Å². The first-order valence-corrected chi connectivity index (χ1v) is 8.18. The summed E-state index contributed by atoms with van der Waals surface area (Å²) in [6.45, 7) is 5.00. The van der Waals surface area contributed by atoms with Gasteiger partial charge in [0.25, 0.3) is 0 Å². The van der Waals surface area contributed by atoms with Gasteiger partial charge >= 0.3 is 0 Å². The highest BCUT2D eigenvalue weighted by Gasteiger charge is 2.17. The number of fused-ring (bicyclic) bond motifs is 1. The van der Waals surface area contributed by atoms with E-state index in [2.05, 4.69) is 29.3 Å². The van der Waals surface area contributed by atoms with Crippen LogP contribution in [0, 0.1) is 0 Å². The Morgan fingerprint density at radius 2 is 2.29 bits per heavy atom. The van der Waals surface area contributed by atoms with Crippen LogP contribution >= 0.6 is 11.3 Å². The average Bonchev–Trinajstić information content (AvgIpc) is 3.16. The number of thiophene rings is 1. The summed E-state index contributed by atoms with van der Waals surface area (Å²) in [6, 6.07) is 9.96. The molecular formula is C17H19NO2S. The van der Waals surface area contributed by atoms with E-state index in [4.69, 9.17) is 4.74 Å². The van der Waals surface area contributed by atoms with Gasteiger partial charge in [0.15, 0.2) is 5.78 Å². The maximum absolute atomic E-state index is 12.5. The third kappa shape index (κ3) is 3.34. The number of benzene rings is 1. The summed E-state index contributed by atoms with van der Waals surface area (Å²) in [5.74, 6) is 1.11. The number of hydrogen-bond donors (Lipinski definition) is 0. The van der Waals surface area contributed by atoms with E-state index in [-0.39, 0.29) is 5.78 Å². The number of carbonyl (C=O) groups excluding carboxylic acids is 1. The molecule has 1 aliphatic heterocycles. The summed E-state index contributed by atoms with van der Waals surface area (Å²) < 4.78 is 5.49. The minimum Gasteiger partial charge on any atom is -0.493 e. The first-order chi connectivity index (χ1) is 10.3. The van der Waals surface area contributed by atoms with Gasteiger partial charge in [0, 0.05) is 23.4 Å². The zero-order valence-corrected chi connectivity index (χ0v) is 13.0. The van der Waals surface area contributed by atoms with E-state index in [1.54, 1.807) is 11.3 Å². The zero-order valence-electron chi connectivity index (χ0n) is 12.2. The van der Waals surface area contributed by atoms with Gasteiger partial charge in [-0.05, 0) is 41.8 Å². The fourth-order valence-corrected chi connectivity index (χ4v) is 3.30. The van der Waals surface area contributed by atoms with Crippen LogP contribution in [0.3, 0.4) is 0 Å². The van der Waals surface area contributed by atoms with Gasteiger partial charge in [-0.3, -0.25) is 9.69 Å². The van der Waals surface area contributed by atoms with Crippen LogP contribution < -0.4 is 4.74 Å². The quantitative estimate of drug-likeness (QED) is 0.766. The molecule has 0 unspecified atom stereocenters. The predicted molar refractivity (Wildman–Crippen MR) is 85.2 cm³/mol. The van der Waals surface area contributed by atoms with Crippen molar-refractivity contribution < 1.29 is 9.53 Å². The predicted octanol–water partition coefficient (Wildman–Crippen LogP) is 3.39. The topological polar surface area (TPSA) is 29.5 Å². The molecule has 0 bridgehead atoms. The van der Waals surface area contributed by atoms with Crippen LogP contribution in [0.25, 0.3) is 0 Å². The molecule has 0 N–H and O–H groups in total. The van der Waals surface area contributed by atoms with E-state index in [9.17, 15) is 4.79 Å². The summed E-state index contributed by atoms with van der Waals surface area (Å²) in [5.41, 5.74) is 1.95. The van der Waals surface area contributed by atoms with Crippen LogP contribution in [0.15, 0.2) is 35.7 Å². The van der Waals surface area contributed by atoms with Crippen molar-refractivity contribution in [3.63, 3.8) is 0 Å². The van der Waals surface area contributed by atoms with E-state index in [1.807, 2.05) is 18.2 Å². The molecule has 0 fully saturated rings. The van der Waals surface area contributed by atoms with Gasteiger partial charge in [0.2, 0.25) is 0 Å². The zero-order chi connectivity index (χ0) is 14.7. The van der Waals surface area contributed by atoms with Gasteiger partial charge in [-0.25, -0.2) is 0 Å². The number of Topliss-reactive ketones (excluding diaryl/α,β-unsaturated/α-hetero) is 1. The van der Waals surface area contributed by atoms with Gasteiger partial charge < -0.3 is 4.74 Å². The van der Waals surface area contributed by atoms with Crippen molar-refractivity contribution in [1.29, 1.82) is 0 Å². The lowest BCUT2D eigenvalue weighted by Gasteiger charge is -2.18. The minimum absolute atomic E-state index is 0.183. The Kier molecular flexibility index (Phi) is 4.36. The first kappa shape index (κ1) is 14.3. The standard InChI is InChI=1S/C17H19NO2S/c1-2-18(11-15-4-3-9-21-15)12-16(19)13-5-6-17-14(10-13)7-8-20-17/h3-6,9-10H,2,7-8,11-12H2,1H3. The Labute approximate surface area is 129 Å². The maximum atomic E-state index is 12.5. The number of rotatable bonds is 6. The third-order valence-corrected chi connectivity index (χ3v) is 4.65. The molecule has 21 heavy (non-hydrogen) atoms. The summed E-state index contributed by atoms with van der Waals surface area (Å²) in [6.07, 6.45) is 0.906. The molecule has 0 aliphatic carbocycles. The lowest BCUT2D eigenvalue weighted by Crippen LogP contribution is -2.29. The highest BCUT2D eigenvalue weighted by molar-refractivity contribution is 7.09. The SMILES string of the molecule is CCN(CC(=O)c1ccc2c(c1)CCO2)Cc1cccs1. The average molecular weight is 301 g/mol. The Morgan fingerprint density at radius 3 is 3.05 bits per heavy atom. The van der Waals surface area contributed by atoms with Gasteiger partial charge in [-0.1, -0.05) is 13.0 Å². The molecule has 0 saturated heterocycles. The highest BCUT2D eigenvalue weighted by atomic mass is 32.1. The van der Waals surface area contributed by atoms with E-state index in [0.717, 1.165) is 43.0 Å². The molecule has 1 aromatic carbocycles. The first-order valence-electron chi connectivity index (χ1n) is 7.30. The molecule has 2 heterocycles. The number of ether oxygens (including phenoxy) is 1. The number of likely N-dealkylation sites (N-methyl/N-ethyl adjacent to an activating group) is 1. The molecule has 0 amide bonds. The van der Waals surface area contributed by atoms with Crippen LogP contribution in [0.2, 0.25) is 0 Å². The second kappa shape index (κ2) is 6.41. The third-order valence-electron chi connectivity index (χ3n) is 3.79. The van der Waals surface area contributed by atoms with Gasteiger partial charge in [-0.15, -0.1) is 11.3 Å². The number of carbonyl (C=O) groups is 1. The molecule has 0 spiro atoms. The van der Waals surface area contributed by atoms with Gasteiger partial charge in [0.1, 0.15) is 5.75 Å². The molecule has 0 radical (unpaired) electrons. The van der Waals surface area contributed by atoms with E-state index in [1.165, 1.54) is 4.88 Å². The molecule has 3 rings (SSSR count). The Morgan fingerprint density at radius 1 is 1.38 bits per heavy atom. The van der Waals surface area contributed by atoms with Crippen molar-refractivity contribution in [1.82, 2.24) is 4.90 Å². The summed E-state index contributed by atoms with van der Waals surface area (Å²) >= 11 is 1.74. The fraction of sp³-hybridized carbons (Fsp3) is 0.353. The Hall–Kier alpha value is -1.65. The molecule has 2 aromatic rings. The summed E-state index contributed by atoms with van der Waals surface area (Å²) in [7, 11) is 0. The number of nitrogens with zero attached hydrogens (tertiary/aromatic N) is 1. The monoisotopic (exact) mass is 301 g/mol. The van der Waals surface area contributed by atoms with Crippen LogP contribution in [-0.2, 0) is 13.0 Å². The Balaban J connectivity index is 1.67. The largest absolute Gasteiger partial charge is 0.493 e. The second-order valence-corrected chi connectivity index (χ2v) is 6.26.